The van der Waals surface area contributed by atoms with Gasteiger partial charge in [-0.05, 0) is 36.2 Å². The van der Waals surface area contributed by atoms with E-state index in [0.717, 1.165) is 27.2 Å². The van der Waals surface area contributed by atoms with Gasteiger partial charge < -0.3 is 9.64 Å². The summed E-state index contributed by atoms with van der Waals surface area (Å²) < 4.78 is 6.25. The molecule has 0 atom stereocenters. The normalized spacial score (nSPS) is 17.7. The number of nitrogens with one attached hydrogen (secondary N) is 1. The summed E-state index contributed by atoms with van der Waals surface area (Å²) in [5.74, 6) is 1.73. The lowest BCUT2D eigenvalue weighted by Gasteiger charge is -2.35. The molecule has 1 saturated heterocycles. The van der Waals surface area contributed by atoms with Crippen molar-refractivity contribution in [2.45, 2.75) is 31.4 Å². The van der Waals surface area contributed by atoms with Gasteiger partial charge in [0.25, 0.3) is 0 Å². The van der Waals surface area contributed by atoms with Gasteiger partial charge in [-0.3, -0.25) is 4.79 Å². The van der Waals surface area contributed by atoms with Crippen molar-refractivity contribution in [2.24, 2.45) is 4.99 Å². The number of rotatable bonds is 5. The zero-order chi connectivity index (χ0) is 20.3. The Kier molecular flexibility index (Phi) is 5.87. The second-order valence-corrected chi connectivity index (χ2v) is 8.27. The van der Waals surface area contributed by atoms with E-state index in [4.69, 9.17) is 14.6 Å². The van der Waals surface area contributed by atoms with Gasteiger partial charge in [0.2, 0.25) is 5.91 Å². The highest BCUT2D eigenvalue weighted by atomic mass is 79.9. The summed E-state index contributed by atoms with van der Waals surface area (Å²) in [6.07, 6.45) is 2.57. The van der Waals surface area contributed by atoms with Gasteiger partial charge in [-0.25, -0.2) is 15.3 Å². The fourth-order valence-electron chi connectivity index (χ4n) is 3.71. The standard InChI is InChI=1S/C22H24BrN3O3/c1-28-19-7-2-4-16(14-19)8-9-20(27)26-12-10-22(11-13-26)24-21(25-29-22)17-5-3-6-18(23)15-17/h2-7,14-15H,8-13H2,1H3,(H,24,25). The summed E-state index contributed by atoms with van der Waals surface area (Å²) in [5.41, 5.74) is 4.48. The number of methoxy groups -OCH3 is 1. The lowest BCUT2D eigenvalue weighted by Crippen LogP contribution is -2.46. The van der Waals surface area contributed by atoms with Gasteiger partial charge in [-0.1, -0.05) is 40.2 Å². The summed E-state index contributed by atoms with van der Waals surface area (Å²) >= 11 is 3.49. The monoisotopic (exact) mass is 457 g/mol. The van der Waals surface area contributed by atoms with Gasteiger partial charge in [0.15, 0.2) is 11.6 Å². The SMILES string of the molecule is COc1cccc(CCC(=O)N2CCC3(CC2)N=C(c2cccc(Br)c2)NO3)c1. The molecule has 1 amide bonds. The average Bonchev–Trinajstić information content (AvgIpc) is 3.16. The van der Waals surface area contributed by atoms with Crippen LogP contribution in [0.1, 0.15) is 30.4 Å². The number of amides is 1. The molecule has 29 heavy (non-hydrogen) atoms. The third-order valence-corrected chi connectivity index (χ3v) is 5.90. The maximum absolute atomic E-state index is 12.6. The van der Waals surface area contributed by atoms with E-state index in [9.17, 15) is 4.79 Å². The number of aliphatic imine (C=N–C) groups is 1. The third-order valence-electron chi connectivity index (χ3n) is 5.41. The van der Waals surface area contributed by atoms with E-state index in [0.29, 0.717) is 38.8 Å². The van der Waals surface area contributed by atoms with Gasteiger partial charge in [0, 0.05) is 42.4 Å². The Morgan fingerprint density at radius 2 is 2.03 bits per heavy atom. The maximum Gasteiger partial charge on any atom is 0.222 e. The summed E-state index contributed by atoms with van der Waals surface area (Å²) in [6.45, 7) is 1.29. The van der Waals surface area contributed by atoms with Crippen molar-refractivity contribution in [3.63, 3.8) is 0 Å². The lowest BCUT2D eigenvalue weighted by molar-refractivity contribution is -0.139. The Labute approximate surface area is 179 Å². The highest BCUT2D eigenvalue weighted by Gasteiger charge is 2.41. The van der Waals surface area contributed by atoms with E-state index in [-0.39, 0.29) is 5.91 Å². The number of hydrogen-bond acceptors (Lipinski definition) is 5. The molecule has 1 fully saturated rings. The van der Waals surface area contributed by atoms with Crippen molar-refractivity contribution in [3.8, 4) is 5.75 Å². The molecule has 1 N–H and O–H groups in total. The zero-order valence-electron chi connectivity index (χ0n) is 16.4. The summed E-state index contributed by atoms with van der Waals surface area (Å²) in [6, 6.07) is 15.8. The quantitative estimate of drug-likeness (QED) is 0.743. The molecular formula is C22H24BrN3O3. The molecule has 0 aliphatic carbocycles. The van der Waals surface area contributed by atoms with Crippen LogP contribution in [0.25, 0.3) is 0 Å². The zero-order valence-corrected chi connectivity index (χ0v) is 17.9. The van der Waals surface area contributed by atoms with Crippen LogP contribution in [-0.4, -0.2) is 42.6 Å². The number of hydrogen-bond donors (Lipinski definition) is 1. The molecule has 6 nitrogen and oxygen atoms in total. The smallest absolute Gasteiger partial charge is 0.222 e. The van der Waals surface area contributed by atoms with E-state index < -0.39 is 5.72 Å². The van der Waals surface area contributed by atoms with Gasteiger partial charge in [-0.2, -0.15) is 0 Å². The molecule has 152 valence electrons. The van der Waals surface area contributed by atoms with E-state index in [1.807, 2.05) is 53.4 Å². The number of ether oxygens (including phenoxy) is 1. The summed E-state index contributed by atoms with van der Waals surface area (Å²) in [4.78, 5) is 25.2. The number of carbonyl (C=O) groups is 1. The molecule has 0 saturated carbocycles. The molecule has 1 spiro atoms. The Morgan fingerprint density at radius 1 is 1.24 bits per heavy atom. The minimum Gasteiger partial charge on any atom is -0.497 e. The molecule has 7 heteroatoms. The molecule has 2 heterocycles. The van der Waals surface area contributed by atoms with Crippen LogP contribution in [0.5, 0.6) is 5.75 Å². The molecule has 0 bridgehead atoms. The average molecular weight is 458 g/mol. The maximum atomic E-state index is 12.6. The van der Waals surface area contributed by atoms with Gasteiger partial charge in [0.1, 0.15) is 5.75 Å². The molecule has 0 unspecified atom stereocenters. The molecule has 2 aromatic carbocycles. The van der Waals surface area contributed by atoms with Crippen molar-refractivity contribution < 1.29 is 14.4 Å². The lowest BCUT2D eigenvalue weighted by atomic mass is 10.00. The van der Waals surface area contributed by atoms with Crippen molar-refractivity contribution in [1.82, 2.24) is 10.4 Å². The fourth-order valence-corrected chi connectivity index (χ4v) is 4.11. The Morgan fingerprint density at radius 3 is 2.79 bits per heavy atom. The van der Waals surface area contributed by atoms with Crippen molar-refractivity contribution in [2.75, 3.05) is 20.2 Å². The first-order chi connectivity index (χ1) is 14.1. The van der Waals surface area contributed by atoms with E-state index >= 15 is 0 Å². The predicted molar refractivity (Wildman–Crippen MR) is 115 cm³/mol. The van der Waals surface area contributed by atoms with Crippen LogP contribution in [0.15, 0.2) is 58.0 Å². The Hall–Kier alpha value is -2.38. The van der Waals surface area contributed by atoms with Crippen molar-refractivity contribution in [3.05, 3.63) is 64.1 Å². The number of nitrogens with zero attached hydrogens (tertiary/aromatic N) is 2. The van der Waals surface area contributed by atoms with Crippen molar-refractivity contribution >= 4 is 27.7 Å². The van der Waals surface area contributed by atoms with Gasteiger partial charge in [0.05, 0.1) is 7.11 Å². The highest BCUT2D eigenvalue weighted by Crippen LogP contribution is 2.31. The van der Waals surface area contributed by atoms with Gasteiger partial charge >= 0.3 is 0 Å². The first kappa shape index (κ1) is 19.9. The molecule has 2 aliphatic rings. The molecular weight excluding hydrogens is 434 g/mol. The van der Waals surface area contributed by atoms with Crippen molar-refractivity contribution in [1.29, 1.82) is 0 Å². The minimum absolute atomic E-state index is 0.171. The number of hydroxylamine groups is 1. The largest absolute Gasteiger partial charge is 0.497 e. The molecule has 2 aromatic rings. The van der Waals surface area contributed by atoms with E-state index in [1.165, 1.54) is 0 Å². The number of benzene rings is 2. The number of piperidine rings is 1. The molecule has 0 radical (unpaired) electrons. The third kappa shape index (κ3) is 4.62. The second kappa shape index (κ2) is 8.55. The van der Waals surface area contributed by atoms with E-state index in [2.05, 4.69) is 21.4 Å². The molecule has 2 aliphatic heterocycles. The Balaban J connectivity index is 1.32. The van der Waals surface area contributed by atoms with Crippen LogP contribution in [-0.2, 0) is 16.1 Å². The Bertz CT molecular complexity index is 923. The second-order valence-electron chi connectivity index (χ2n) is 7.35. The number of amidine groups is 1. The summed E-state index contributed by atoms with van der Waals surface area (Å²) in [7, 11) is 1.65. The van der Waals surface area contributed by atoms with Crippen LogP contribution in [0, 0.1) is 0 Å². The number of halogens is 1. The number of carbonyl (C=O) groups excluding carboxylic acids is 1. The first-order valence-electron chi connectivity index (χ1n) is 9.77. The van der Waals surface area contributed by atoms with Crippen LogP contribution in [0.4, 0.5) is 0 Å². The van der Waals surface area contributed by atoms with Crippen LogP contribution in [0.2, 0.25) is 0 Å². The number of likely N-dealkylation sites (tertiary alicyclic amines) is 1. The fraction of sp³-hybridized carbons (Fsp3) is 0.364. The van der Waals surface area contributed by atoms with Crippen LogP contribution in [0.3, 0.4) is 0 Å². The molecule has 0 aromatic heterocycles. The highest BCUT2D eigenvalue weighted by molar-refractivity contribution is 9.10. The summed E-state index contributed by atoms with van der Waals surface area (Å²) in [5, 5.41) is 0. The van der Waals surface area contributed by atoms with Crippen LogP contribution < -0.4 is 10.2 Å². The van der Waals surface area contributed by atoms with Crippen LogP contribution >= 0.6 is 15.9 Å². The predicted octanol–water partition coefficient (Wildman–Crippen LogP) is 3.69. The van der Waals surface area contributed by atoms with Gasteiger partial charge in [-0.15, -0.1) is 0 Å². The van der Waals surface area contributed by atoms with E-state index in [1.54, 1.807) is 7.11 Å². The minimum atomic E-state index is -0.582. The topological polar surface area (TPSA) is 63.2 Å². The number of aryl methyl sites for hydroxylation is 1. The first-order valence-corrected chi connectivity index (χ1v) is 10.6. The molecule has 4 rings (SSSR count).